The highest BCUT2D eigenvalue weighted by molar-refractivity contribution is 9.11. The lowest BCUT2D eigenvalue weighted by molar-refractivity contribution is 0.0951. The summed E-state index contributed by atoms with van der Waals surface area (Å²) in [5.74, 6) is -0.705. The molecule has 0 spiro atoms. The van der Waals surface area contributed by atoms with Gasteiger partial charge in [0.1, 0.15) is 5.82 Å². The van der Waals surface area contributed by atoms with Crippen LogP contribution in [0.1, 0.15) is 22.2 Å². The molecule has 0 aliphatic rings. The minimum Gasteiger partial charge on any atom is -0.382 e. The van der Waals surface area contributed by atoms with Gasteiger partial charge in [0.15, 0.2) is 0 Å². The number of thiophene rings is 1. The summed E-state index contributed by atoms with van der Waals surface area (Å²) in [6.07, 6.45) is 0. The first-order valence-corrected chi connectivity index (χ1v) is 7.77. The summed E-state index contributed by atoms with van der Waals surface area (Å²) in [7, 11) is 0. The third-order valence-electron chi connectivity index (χ3n) is 2.66. The predicted molar refractivity (Wildman–Crippen MR) is 83.8 cm³/mol. The van der Waals surface area contributed by atoms with Gasteiger partial charge in [-0.25, -0.2) is 4.39 Å². The SMILES string of the molecule is CCNc1c(F)cccc1C(=O)NCc1ccc(Br)s1. The van der Waals surface area contributed by atoms with E-state index in [1.165, 1.54) is 12.1 Å². The lowest BCUT2D eigenvalue weighted by atomic mass is 10.1. The standard InChI is InChI=1S/C14H14BrFN2OS/c1-2-17-13-10(4-3-5-11(13)16)14(19)18-8-9-6-7-12(15)20-9/h3-7,17H,2,8H2,1H3,(H,18,19). The van der Waals surface area contributed by atoms with Crippen molar-refractivity contribution in [2.75, 3.05) is 11.9 Å². The number of anilines is 1. The lowest BCUT2D eigenvalue weighted by Gasteiger charge is -2.11. The van der Waals surface area contributed by atoms with Crippen molar-refractivity contribution in [1.82, 2.24) is 5.32 Å². The fourth-order valence-electron chi connectivity index (χ4n) is 1.78. The largest absolute Gasteiger partial charge is 0.382 e. The van der Waals surface area contributed by atoms with E-state index in [9.17, 15) is 9.18 Å². The number of hydrogen-bond donors (Lipinski definition) is 2. The van der Waals surface area contributed by atoms with Crippen LogP contribution in [0.4, 0.5) is 10.1 Å². The van der Waals surface area contributed by atoms with Gasteiger partial charge in [0.05, 0.1) is 21.6 Å². The molecule has 2 aromatic rings. The number of halogens is 2. The zero-order chi connectivity index (χ0) is 14.5. The molecule has 1 aromatic carbocycles. The molecule has 1 amide bonds. The van der Waals surface area contributed by atoms with Gasteiger partial charge in [-0.15, -0.1) is 11.3 Å². The molecule has 0 atom stereocenters. The predicted octanol–water partition coefficient (Wildman–Crippen LogP) is 4.01. The Morgan fingerprint density at radius 3 is 2.80 bits per heavy atom. The molecule has 1 aromatic heterocycles. The number of nitrogens with one attached hydrogen (secondary N) is 2. The van der Waals surface area contributed by atoms with Crippen molar-refractivity contribution >= 4 is 38.9 Å². The van der Waals surface area contributed by atoms with E-state index in [1.807, 2.05) is 19.1 Å². The van der Waals surface area contributed by atoms with Crippen LogP contribution in [0, 0.1) is 5.82 Å². The molecule has 106 valence electrons. The number of para-hydroxylation sites is 1. The summed E-state index contributed by atoms with van der Waals surface area (Å²) in [5.41, 5.74) is 0.572. The van der Waals surface area contributed by atoms with E-state index in [0.717, 1.165) is 8.66 Å². The number of benzene rings is 1. The van der Waals surface area contributed by atoms with Crippen LogP contribution in [0.3, 0.4) is 0 Å². The third kappa shape index (κ3) is 3.58. The first-order valence-electron chi connectivity index (χ1n) is 6.16. The second-order valence-electron chi connectivity index (χ2n) is 4.08. The van der Waals surface area contributed by atoms with Crippen molar-refractivity contribution in [3.63, 3.8) is 0 Å². The molecule has 6 heteroatoms. The molecule has 0 aliphatic heterocycles. The van der Waals surface area contributed by atoms with Gasteiger partial charge in [-0.3, -0.25) is 4.79 Å². The average molecular weight is 357 g/mol. The second kappa shape index (κ2) is 6.85. The van der Waals surface area contributed by atoms with Gasteiger partial charge in [-0.05, 0) is 47.1 Å². The topological polar surface area (TPSA) is 41.1 Å². The first kappa shape index (κ1) is 15.0. The quantitative estimate of drug-likeness (QED) is 0.849. The van der Waals surface area contributed by atoms with Crippen molar-refractivity contribution in [2.45, 2.75) is 13.5 Å². The minimum atomic E-state index is -0.418. The molecule has 0 bridgehead atoms. The fourth-order valence-corrected chi connectivity index (χ4v) is 3.20. The Kier molecular flexibility index (Phi) is 5.14. The normalized spacial score (nSPS) is 10.3. The van der Waals surface area contributed by atoms with Gasteiger partial charge in [0.25, 0.3) is 5.91 Å². The Bertz CT molecular complexity index is 615. The van der Waals surface area contributed by atoms with Crippen molar-refractivity contribution in [2.24, 2.45) is 0 Å². The van der Waals surface area contributed by atoms with Crippen LogP contribution in [0.25, 0.3) is 0 Å². The Morgan fingerprint density at radius 2 is 2.15 bits per heavy atom. The Hall–Kier alpha value is -1.40. The molecule has 0 aliphatic carbocycles. The van der Waals surface area contributed by atoms with E-state index in [-0.39, 0.29) is 11.6 Å². The van der Waals surface area contributed by atoms with Crippen molar-refractivity contribution in [3.05, 3.63) is 50.4 Å². The summed E-state index contributed by atoms with van der Waals surface area (Å²) in [5, 5.41) is 5.69. The molecule has 0 fully saturated rings. The number of hydrogen-bond acceptors (Lipinski definition) is 3. The highest BCUT2D eigenvalue weighted by Crippen LogP contribution is 2.23. The van der Waals surface area contributed by atoms with Crippen LogP contribution in [0.2, 0.25) is 0 Å². The number of rotatable bonds is 5. The van der Waals surface area contributed by atoms with Crippen LogP contribution < -0.4 is 10.6 Å². The maximum Gasteiger partial charge on any atom is 0.253 e. The highest BCUT2D eigenvalue weighted by atomic mass is 79.9. The van der Waals surface area contributed by atoms with Gasteiger partial charge < -0.3 is 10.6 Å². The van der Waals surface area contributed by atoms with Crippen LogP contribution in [0.15, 0.2) is 34.1 Å². The van der Waals surface area contributed by atoms with Crippen molar-refractivity contribution in [3.8, 4) is 0 Å². The molecule has 0 saturated carbocycles. The van der Waals surface area contributed by atoms with E-state index in [1.54, 1.807) is 17.4 Å². The van der Waals surface area contributed by atoms with Crippen molar-refractivity contribution in [1.29, 1.82) is 0 Å². The van der Waals surface area contributed by atoms with E-state index in [2.05, 4.69) is 26.6 Å². The monoisotopic (exact) mass is 356 g/mol. The van der Waals surface area contributed by atoms with E-state index >= 15 is 0 Å². The number of carbonyl (C=O) groups is 1. The van der Waals surface area contributed by atoms with Crippen molar-refractivity contribution < 1.29 is 9.18 Å². The average Bonchev–Trinajstić information content (AvgIpc) is 2.84. The maximum absolute atomic E-state index is 13.7. The van der Waals surface area contributed by atoms with E-state index in [4.69, 9.17) is 0 Å². The second-order valence-corrected chi connectivity index (χ2v) is 6.63. The molecule has 1 heterocycles. The molecule has 20 heavy (non-hydrogen) atoms. The van der Waals surface area contributed by atoms with Crippen LogP contribution in [0.5, 0.6) is 0 Å². The zero-order valence-electron chi connectivity index (χ0n) is 10.9. The van der Waals surface area contributed by atoms with Crippen LogP contribution in [-0.4, -0.2) is 12.5 Å². The number of amides is 1. The van der Waals surface area contributed by atoms with Gasteiger partial charge in [0.2, 0.25) is 0 Å². The molecular formula is C14H14BrFN2OS. The molecule has 0 unspecified atom stereocenters. The molecule has 2 rings (SSSR count). The number of carbonyl (C=O) groups excluding carboxylic acids is 1. The Morgan fingerprint density at radius 1 is 1.35 bits per heavy atom. The van der Waals surface area contributed by atoms with E-state index < -0.39 is 5.82 Å². The van der Waals surface area contributed by atoms with Gasteiger partial charge in [0, 0.05) is 11.4 Å². The fraction of sp³-hybridized carbons (Fsp3) is 0.214. The summed E-state index contributed by atoms with van der Waals surface area (Å²) < 4.78 is 14.7. The van der Waals surface area contributed by atoms with Gasteiger partial charge in [-0.2, -0.15) is 0 Å². The summed E-state index contributed by atoms with van der Waals surface area (Å²) in [4.78, 5) is 13.2. The maximum atomic E-state index is 13.7. The smallest absolute Gasteiger partial charge is 0.253 e. The molecule has 2 N–H and O–H groups in total. The van der Waals surface area contributed by atoms with E-state index in [0.29, 0.717) is 18.7 Å². The van der Waals surface area contributed by atoms with Gasteiger partial charge >= 0.3 is 0 Å². The molecule has 0 radical (unpaired) electrons. The Balaban J connectivity index is 2.10. The first-order chi connectivity index (χ1) is 9.61. The van der Waals surface area contributed by atoms with Crippen LogP contribution >= 0.6 is 27.3 Å². The minimum absolute atomic E-state index is 0.250. The summed E-state index contributed by atoms with van der Waals surface area (Å²) >= 11 is 4.93. The molecular weight excluding hydrogens is 343 g/mol. The van der Waals surface area contributed by atoms with Gasteiger partial charge in [-0.1, -0.05) is 6.07 Å². The zero-order valence-corrected chi connectivity index (χ0v) is 13.3. The summed E-state index contributed by atoms with van der Waals surface area (Å²) in [6, 6.07) is 8.35. The highest BCUT2D eigenvalue weighted by Gasteiger charge is 2.14. The lowest BCUT2D eigenvalue weighted by Crippen LogP contribution is -2.24. The summed E-state index contributed by atoms with van der Waals surface area (Å²) in [6.45, 7) is 2.84. The molecule has 3 nitrogen and oxygen atoms in total. The third-order valence-corrected chi connectivity index (χ3v) is 4.29. The van der Waals surface area contributed by atoms with Crippen LogP contribution in [-0.2, 0) is 6.54 Å². The molecule has 0 saturated heterocycles. The Labute approximate surface area is 129 Å².